The van der Waals surface area contributed by atoms with Crippen molar-refractivity contribution in [2.45, 2.75) is 112 Å². The minimum Gasteiger partial charge on any atom is -0.382 e. The quantitative estimate of drug-likeness (QED) is 0.0799. The van der Waals surface area contributed by atoms with E-state index in [9.17, 15) is 9.36 Å². The fourth-order valence-electron chi connectivity index (χ4n) is 10.8. The number of carbonyl (C=O) groups excluding carboxylic acids is 1. The average Bonchev–Trinajstić information content (AvgIpc) is 3.83. The zero-order valence-corrected chi connectivity index (χ0v) is 42.0. The summed E-state index contributed by atoms with van der Waals surface area (Å²) in [5.41, 5.74) is 5.08. The summed E-state index contributed by atoms with van der Waals surface area (Å²) in [6.07, 6.45) is 10.6. The van der Waals surface area contributed by atoms with Crippen molar-refractivity contribution in [3.05, 3.63) is 145 Å². The summed E-state index contributed by atoms with van der Waals surface area (Å²) < 4.78 is 46.8. The molecule has 15 nitrogen and oxygen atoms in total. The minimum atomic E-state index is -2.69. The maximum absolute atomic E-state index is 15.6. The van der Waals surface area contributed by atoms with E-state index in [0.29, 0.717) is 108 Å². The zero-order valence-electron chi connectivity index (χ0n) is 41.1. The molecule has 2 aromatic carbocycles. The van der Waals surface area contributed by atoms with Gasteiger partial charge in [0.1, 0.15) is 30.0 Å². The molecule has 0 radical (unpaired) electrons. The van der Waals surface area contributed by atoms with E-state index in [1.54, 1.807) is 49.1 Å². The van der Waals surface area contributed by atoms with Crippen LogP contribution in [-0.2, 0) is 21.3 Å². The van der Waals surface area contributed by atoms with Crippen molar-refractivity contribution in [3.63, 3.8) is 0 Å². The highest BCUT2D eigenvalue weighted by Gasteiger charge is 2.59. The van der Waals surface area contributed by atoms with Crippen molar-refractivity contribution < 1.29 is 23.0 Å². The van der Waals surface area contributed by atoms with E-state index in [1.165, 1.54) is 14.7 Å². The van der Waals surface area contributed by atoms with Gasteiger partial charge in [-0.1, -0.05) is 38.6 Å². The number of nitrogens with one attached hydrogen (secondary N) is 2. The molecule has 9 rings (SSSR count). The standard InChI is InChI=1S/C52H63FN9O6P/c1-11-39(28-42(54-30(4)5)35(10)69(66,12-2)13-3)59-20-21-60(51(59)65)47-45-34(9)58(19-16-41(45)56-62(47)40-24-31(6)46(53)32(7)25-40)48(63)44-27-38-26-37(36-17-22-67-23-18-36)14-15-43(38)61(44)52(29-33(52)8)49-55-50(64)68-57-49/h11,14-15,20-21,24-28,30,33-34,36,54H,1,12-13,16-19,22-23,29H2,2-10H3,(H,55,57,64)/b39-28+,42-35-/t33-,34-,52-/m0/s1. The van der Waals surface area contributed by atoms with Gasteiger partial charge in [-0.25, -0.2) is 18.7 Å². The monoisotopic (exact) mass is 959 g/mol. The molecule has 0 spiro atoms. The Bertz CT molecular complexity index is 3210. The van der Waals surface area contributed by atoms with Gasteiger partial charge in [-0.3, -0.25) is 23.4 Å². The van der Waals surface area contributed by atoms with Gasteiger partial charge in [0.05, 0.1) is 23.1 Å². The smallest absolute Gasteiger partial charge is 0.382 e. The van der Waals surface area contributed by atoms with E-state index >= 15 is 14.0 Å². The Balaban J connectivity index is 1.20. The molecule has 364 valence electrons. The predicted octanol–water partition coefficient (Wildman–Crippen LogP) is 9.31. The minimum absolute atomic E-state index is 0.0109. The third-order valence-corrected chi connectivity index (χ3v) is 18.4. The van der Waals surface area contributed by atoms with Crippen molar-refractivity contribution in [2.24, 2.45) is 5.92 Å². The molecule has 1 amide bonds. The highest BCUT2D eigenvalue weighted by molar-refractivity contribution is 7.68. The summed E-state index contributed by atoms with van der Waals surface area (Å²) in [6.45, 7) is 23.0. The SMILES string of the molecule is C=C/C(=C\C(NC(C)C)=C(/C)P(=O)(CC)CC)n1ccn(-c2c3c(nn2-c2cc(C)c(F)c(C)c2)CCN(C(=O)c2cc4cc(C5CCOCC5)ccc4n2[C@@]2(c4noc(=O)[nH]4)C[C@@H]2C)[C@H]3C)c1=O. The number of amides is 1. The lowest BCUT2D eigenvalue weighted by molar-refractivity contribution is 0.0663. The first-order chi connectivity index (χ1) is 33.0. The van der Waals surface area contributed by atoms with Crippen LogP contribution in [0.25, 0.3) is 28.1 Å². The number of carbonyl (C=O) groups is 1. The van der Waals surface area contributed by atoms with Crippen LogP contribution in [0, 0.1) is 25.6 Å². The number of aromatic amines is 1. The Morgan fingerprint density at radius 3 is 2.38 bits per heavy atom. The van der Waals surface area contributed by atoms with Gasteiger partial charge in [0.15, 0.2) is 5.82 Å². The predicted molar refractivity (Wildman–Crippen MR) is 267 cm³/mol. The maximum Gasteiger partial charge on any atom is 0.438 e. The Morgan fingerprint density at radius 1 is 1.07 bits per heavy atom. The first kappa shape index (κ1) is 47.8. The Kier molecular flexibility index (Phi) is 12.6. The van der Waals surface area contributed by atoms with E-state index in [1.807, 2.05) is 63.2 Å². The molecular formula is C52H63FN9O6P. The number of H-pyrrole nitrogens is 1. The molecule has 0 bridgehead atoms. The first-order valence-electron chi connectivity index (χ1n) is 24.2. The molecule has 3 atom stereocenters. The van der Waals surface area contributed by atoms with Crippen LogP contribution in [0.15, 0.2) is 92.6 Å². The summed E-state index contributed by atoms with van der Waals surface area (Å²) >= 11 is 0. The number of hydrogen-bond donors (Lipinski definition) is 2. The normalized spacial score (nSPS) is 20.4. The van der Waals surface area contributed by atoms with Gasteiger partial charge in [0, 0.05) is 84.4 Å². The molecule has 2 aliphatic heterocycles. The largest absolute Gasteiger partial charge is 0.438 e. The molecule has 69 heavy (non-hydrogen) atoms. The summed E-state index contributed by atoms with van der Waals surface area (Å²) in [7, 11) is -2.69. The third-order valence-electron chi connectivity index (χ3n) is 14.9. The van der Waals surface area contributed by atoms with Crippen LogP contribution in [0.3, 0.4) is 0 Å². The Labute approximate surface area is 401 Å². The summed E-state index contributed by atoms with van der Waals surface area (Å²) in [5, 5.41) is 14.4. The van der Waals surface area contributed by atoms with Crippen LogP contribution in [0.2, 0.25) is 0 Å². The van der Waals surface area contributed by atoms with Crippen LogP contribution in [0.5, 0.6) is 0 Å². The average molecular weight is 960 g/mol. The highest BCUT2D eigenvalue weighted by atomic mass is 31.2. The van der Waals surface area contributed by atoms with Gasteiger partial charge >= 0.3 is 11.4 Å². The molecule has 4 aromatic heterocycles. The van der Waals surface area contributed by atoms with Gasteiger partial charge in [-0.05, 0) is 132 Å². The topological polar surface area (TPSA) is 167 Å². The van der Waals surface area contributed by atoms with E-state index in [-0.39, 0.29) is 23.7 Å². The number of rotatable bonds is 14. The van der Waals surface area contributed by atoms with Crippen molar-refractivity contribution in [1.29, 1.82) is 0 Å². The summed E-state index contributed by atoms with van der Waals surface area (Å²) in [6, 6.07) is 11.2. The molecule has 3 aliphatic rings. The van der Waals surface area contributed by atoms with E-state index in [4.69, 9.17) is 14.4 Å². The lowest BCUT2D eigenvalue weighted by Gasteiger charge is -2.34. The van der Waals surface area contributed by atoms with Crippen LogP contribution in [0.4, 0.5) is 4.39 Å². The highest BCUT2D eigenvalue weighted by Crippen LogP contribution is 2.56. The van der Waals surface area contributed by atoms with Crippen molar-refractivity contribution >= 4 is 29.6 Å². The number of halogens is 1. The molecule has 1 saturated heterocycles. The van der Waals surface area contributed by atoms with Gasteiger partial charge < -0.3 is 24.1 Å². The number of benzene rings is 2. The number of aromatic nitrogens is 7. The molecule has 2 fully saturated rings. The molecule has 6 heterocycles. The van der Waals surface area contributed by atoms with Crippen molar-refractivity contribution in [1.82, 2.24) is 43.8 Å². The van der Waals surface area contributed by atoms with E-state index in [2.05, 4.69) is 47.2 Å². The van der Waals surface area contributed by atoms with Gasteiger partial charge in [-0.15, -0.1) is 0 Å². The summed E-state index contributed by atoms with van der Waals surface area (Å²) in [5.74, 6) is -0.119. The third kappa shape index (κ3) is 8.12. The maximum atomic E-state index is 15.6. The summed E-state index contributed by atoms with van der Waals surface area (Å²) in [4.78, 5) is 47.7. The molecular weight excluding hydrogens is 897 g/mol. The van der Waals surface area contributed by atoms with Gasteiger partial charge in [0.25, 0.3) is 5.91 Å². The second kappa shape index (κ2) is 18.2. The molecule has 1 saturated carbocycles. The van der Waals surface area contributed by atoms with Crippen LogP contribution >= 0.6 is 7.14 Å². The van der Waals surface area contributed by atoms with Crippen LogP contribution < -0.4 is 16.8 Å². The molecule has 0 unspecified atom stereocenters. The Morgan fingerprint density at radius 2 is 1.77 bits per heavy atom. The second-order valence-corrected chi connectivity index (χ2v) is 23.1. The molecule has 17 heteroatoms. The first-order valence-corrected chi connectivity index (χ1v) is 26.2. The van der Waals surface area contributed by atoms with E-state index in [0.717, 1.165) is 29.1 Å². The second-order valence-electron chi connectivity index (χ2n) is 19.4. The number of imidazole rings is 1. The number of fused-ring (bicyclic) bond motifs is 2. The molecule has 6 aromatic rings. The fourth-order valence-corrected chi connectivity index (χ4v) is 12.8. The van der Waals surface area contributed by atoms with Crippen molar-refractivity contribution in [3.8, 4) is 11.5 Å². The number of aryl methyl sites for hydroxylation is 2. The van der Waals surface area contributed by atoms with Crippen molar-refractivity contribution in [2.75, 3.05) is 32.1 Å². The lowest BCUT2D eigenvalue weighted by Crippen LogP contribution is -2.41. The number of nitrogens with zero attached hydrogens (tertiary/aromatic N) is 7. The molecule has 2 N–H and O–H groups in total. The zero-order chi connectivity index (χ0) is 49.3. The molecule has 1 aliphatic carbocycles. The van der Waals surface area contributed by atoms with Crippen LogP contribution in [-0.4, -0.2) is 82.6 Å². The van der Waals surface area contributed by atoms with Gasteiger partial charge in [-0.2, -0.15) is 5.10 Å². The number of hydrogen-bond acceptors (Lipinski definition) is 9. The number of allylic oxidation sites excluding steroid dienone is 4. The lowest BCUT2D eigenvalue weighted by atomic mass is 9.91. The van der Waals surface area contributed by atoms with E-state index < -0.39 is 30.2 Å². The fraction of sp³-hybridized carbons (Fsp3) is 0.442. The number of ether oxygens (including phenoxy) is 1. The van der Waals surface area contributed by atoms with Crippen LogP contribution in [0.1, 0.15) is 124 Å². The van der Waals surface area contributed by atoms with Gasteiger partial charge in [0.2, 0.25) is 0 Å². The Hall–Kier alpha value is -6.25.